The van der Waals surface area contributed by atoms with Gasteiger partial charge in [-0.2, -0.15) is 11.8 Å². The summed E-state index contributed by atoms with van der Waals surface area (Å²) in [5.41, 5.74) is 0. The van der Waals surface area contributed by atoms with Gasteiger partial charge in [0.2, 0.25) is 0 Å². The summed E-state index contributed by atoms with van der Waals surface area (Å²) < 4.78 is 0. The van der Waals surface area contributed by atoms with E-state index in [9.17, 15) is 0 Å². The third-order valence-corrected chi connectivity index (χ3v) is 4.31. The molecule has 0 unspecified atom stereocenters. The molecular formula is C11H16N2S2. The predicted molar refractivity (Wildman–Crippen MR) is 70.0 cm³/mol. The van der Waals surface area contributed by atoms with Gasteiger partial charge in [-0.3, -0.25) is 0 Å². The van der Waals surface area contributed by atoms with E-state index in [-0.39, 0.29) is 0 Å². The molecule has 1 aromatic rings. The first-order chi connectivity index (χ1) is 7.38. The third kappa shape index (κ3) is 3.31. The van der Waals surface area contributed by atoms with Crippen LogP contribution >= 0.6 is 23.5 Å². The van der Waals surface area contributed by atoms with Crippen LogP contribution < -0.4 is 5.32 Å². The number of pyridine rings is 1. The Bertz CT molecular complexity index is 294. The van der Waals surface area contributed by atoms with Crippen LogP contribution in [-0.4, -0.2) is 28.8 Å². The Morgan fingerprint density at radius 3 is 2.80 bits per heavy atom. The topological polar surface area (TPSA) is 24.9 Å². The average molecular weight is 240 g/mol. The summed E-state index contributed by atoms with van der Waals surface area (Å²) in [5, 5.41) is 3.50. The first-order valence-electron chi connectivity index (χ1n) is 5.23. The van der Waals surface area contributed by atoms with Gasteiger partial charge < -0.3 is 5.32 Å². The van der Waals surface area contributed by atoms with Crippen molar-refractivity contribution in [1.82, 2.24) is 4.98 Å². The van der Waals surface area contributed by atoms with Gasteiger partial charge in [-0.05, 0) is 42.7 Å². The Morgan fingerprint density at radius 1 is 1.40 bits per heavy atom. The molecule has 1 aromatic heterocycles. The second kappa shape index (κ2) is 5.66. The molecule has 2 heterocycles. The molecule has 0 spiro atoms. The molecule has 82 valence electrons. The van der Waals surface area contributed by atoms with Gasteiger partial charge in [0, 0.05) is 17.1 Å². The van der Waals surface area contributed by atoms with Crippen LogP contribution in [0.4, 0.5) is 5.82 Å². The molecule has 0 atom stereocenters. The Kier molecular flexibility index (Phi) is 4.20. The van der Waals surface area contributed by atoms with Crippen LogP contribution in [0.3, 0.4) is 0 Å². The molecule has 0 bridgehead atoms. The largest absolute Gasteiger partial charge is 0.367 e. The van der Waals surface area contributed by atoms with E-state index < -0.39 is 0 Å². The molecule has 2 nitrogen and oxygen atoms in total. The number of hydrogen-bond acceptors (Lipinski definition) is 4. The van der Waals surface area contributed by atoms with Gasteiger partial charge in [-0.25, -0.2) is 4.98 Å². The molecule has 4 heteroatoms. The van der Waals surface area contributed by atoms with Crippen LogP contribution in [0.25, 0.3) is 0 Å². The first kappa shape index (κ1) is 11.1. The number of rotatable bonds is 3. The van der Waals surface area contributed by atoms with E-state index in [1.807, 2.05) is 6.20 Å². The fourth-order valence-corrected chi connectivity index (χ4v) is 3.11. The molecule has 0 amide bonds. The van der Waals surface area contributed by atoms with Crippen molar-refractivity contribution in [3.05, 3.63) is 18.3 Å². The number of thioether (sulfide) groups is 2. The van der Waals surface area contributed by atoms with Crippen molar-refractivity contribution >= 4 is 29.3 Å². The highest BCUT2D eigenvalue weighted by Crippen LogP contribution is 2.21. The molecule has 0 saturated carbocycles. The normalized spacial score (nSPS) is 17.7. The Balaban J connectivity index is 1.91. The van der Waals surface area contributed by atoms with Gasteiger partial charge in [0.15, 0.2) is 0 Å². The van der Waals surface area contributed by atoms with Crippen molar-refractivity contribution in [2.75, 3.05) is 23.1 Å². The van der Waals surface area contributed by atoms with Crippen LogP contribution in [0.1, 0.15) is 12.8 Å². The van der Waals surface area contributed by atoms with Gasteiger partial charge in [0.25, 0.3) is 0 Å². The van der Waals surface area contributed by atoms with E-state index in [0.717, 1.165) is 5.82 Å². The molecule has 1 aliphatic heterocycles. The van der Waals surface area contributed by atoms with E-state index in [4.69, 9.17) is 0 Å². The van der Waals surface area contributed by atoms with E-state index in [1.165, 1.54) is 29.2 Å². The van der Waals surface area contributed by atoms with E-state index >= 15 is 0 Å². The second-order valence-corrected chi connectivity index (χ2v) is 5.72. The number of aromatic nitrogens is 1. The molecule has 1 aliphatic rings. The minimum absolute atomic E-state index is 0.624. The van der Waals surface area contributed by atoms with Crippen LogP contribution in [0.2, 0.25) is 0 Å². The molecule has 1 saturated heterocycles. The summed E-state index contributed by atoms with van der Waals surface area (Å²) in [6.07, 6.45) is 6.53. The zero-order valence-electron chi connectivity index (χ0n) is 8.90. The summed E-state index contributed by atoms with van der Waals surface area (Å²) >= 11 is 3.78. The minimum atomic E-state index is 0.624. The van der Waals surface area contributed by atoms with Gasteiger partial charge in [0.05, 0.1) is 0 Å². The van der Waals surface area contributed by atoms with Gasteiger partial charge >= 0.3 is 0 Å². The maximum absolute atomic E-state index is 4.40. The monoisotopic (exact) mass is 240 g/mol. The van der Waals surface area contributed by atoms with Gasteiger partial charge in [-0.15, -0.1) is 11.8 Å². The highest BCUT2D eigenvalue weighted by atomic mass is 32.2. The Hall–Kier alpha value is -0.350. The van der Waals surface area contributed by atoms with Crippen LogP contribution in [-0.2, 0) is 0 Å². The van der Waals surface area contributed by atoms with Gasteiger partial charge in [0.1, 0.15) is 5.82 Å². The second-order valence-electron chi connectivity index (χ2n) is 3.61. The molecule has 0 aliphatic carbocycles. The molecule has 1 fully saturated rings. The summed E-state index contributed by atoms with van der Waals surface area (Å²) in [6, 6.07) is 4.82. The maximum atomic E-state index is 4.40. The first-order valence-corrected chi connectivity index (χ1v) is 7.61. The van der Waals surface area contributed by atoms with Gasteiger partial charge in [-0.1, -0.05) is 0 Å². The van der Waals surface area contributed by atoms with Crippen molar-refractivity contribution in [3.8, 4) is 0 Å². The summed E-state index contributed by atoms with van der Waals surface area (Å²) in [6.45, 7) is 0. The standard InChI is InChI=1S/C11H16N2S2/c1-14-10-2-3-11(12-8-10)13-9-4-6-15-7-5-9/h2-3,8-9H,4-7H2,1H3,(H,12,13). The lowest BCUT2D eigenvalue weighted by Gasteiger charge is -2.22. The smallest absolute Gasteiger partial charge is 0.126 e. The highest BCUT2D eigenvalue weighted by molar-refractivity contribution is 7.99. The van der Waals surface area contributed by atoms with Crippen LogP contribution in [0.15, 0.2) is 23.2 Å². The lowest BCUT2D eigenvalue weighted by molar-refractivity contribution is 0.663. The predicted octanol–water partition coefficient (Wildman–Crippen LogP) is 3.11. The summed E-state index contributed by atoms with van der Waals surface area (Å²) in [5.74, 6) is 3.57. The molecule has 15 heavy (non-hydrogen) atoms. The fourth-order valence-electron chi connectivity index (χ4n) is 1.64. The molecule has 1 N–H and O–H groups in total. The highest BCUT2D eigenvalue weighted by Gasteiger charge is 2.13. The van der Waals surface area contributed by atoms with Crippen LogP contribution in [0, 0.1) is 0 Å². The summed E-state index contributed by atoms with van der Waals surface area (Å²) in [4.78, 5) is 5.63. The van der Waals surface area contributed by atoms with E-state index in [0.29, 0.717) is 6.04 Å². The summed E-state index contributed by atoms with van der Waals surface area (Å²) in [7, 11) is 0. The number of hydrogen-bond donors (Lipinski definition) is 1. The van der Waals surface area contributed by atoms with E-state index in [2.05, 4.69) is 40.5 Å². The van der Waals surface area contributed by atoms with Crippen molar-refractivity contribution in [3.63, 3.8) is 0 Å². The van der Waals surface area contributed by atoms with Crippen LogP contribution in [0.5, 0.6) is 0 Å². The number of nitrogens with zero attached hydrogens (tertiary/aromatic N) is 1. The van der Waals surface area contributed by atoms with Crippen molar-refractivity contribution in [2.45, 2.75) is 23.8 Å². The fraction of sp³-hybridized carbons (Fsp3) is 0.545. The third-order valence-electron chi connectivity index (χ3n) is 2.55. The van der Waals surface area contributed by atoms with E-state index in [1.54, 1.807) is 11.8 Å². The average Bonchev–Trinajstić information content (AvgIpc) is 2.31. The quantitative estimate of drug-likeness (QED) is 0.821. The van der Waals surface area contributed by atoms with Crippen molar-refractivity contribution in [2.24, 2.45) is 0 Å². The number of nitrogens with one attached hydrogen (secondary N) is 1. The number of anilines is 1. The molecular weight excluding hydrogens is 224 g/mol. The zero-order chi connectivity index (χ0) is 10.5. The lowest BCUT2D eigenvalue weighted by atomic mass is 10.1. The SMILES string of the molecule is CSc1ccc(NC2CCSCC2)nc1. The molecule has 2 rings (SSSR count). The van der Waals surface area contributed by atoms with Crippen molar-refractivity contribution in [1.29, 1.82) is 0 Å². The Labute approximate surface area is 99.6 Å². The molecule has 0 radical (unpaired) electrons. The minimum Gasteiger partial charge on any atom is -0.367 e. The lowest BCUT2D eigenvalue weighted by Crippen LogP contribution is -2.24. The molecule has 0 aromatic carbocycles. The Morgan fingerprint density at radius 2 is 2.20 bits per heavy atom. The zero-order valence-corrected chi connectivity index (χ0v) is 10.5. The van der Waals surface area contributed by atoms with Crippen molar-refractivity contribution < 1.29 is 0 Å². The maximum Gasteiger partial charge on any atom is 0.126 e.